The van der Waals surface area contributed by atoms with Crippen LogP contribution in [0.15, 0.2) is 95.7 Å². The van der Waals surface area contributed by atoms with Gasteiger partial charge < -0.3 is 0 Å². The van der Waals surface area contributed by atoms with Crippen molar-refractivity contribution in [2.24, 2.45) is 0 Å². The lowest BCUT2D eigenvalue weighted by Gasteiger charge is -2.14. The average molecular weight is 411 g/mol. The third-order valence-electron chi connectivity index (χ3n) is 4.84. The average Bonchev–Trinajstić information content (AvgIpc) is 2.75. The highest BCUT2D eigenvalue weighted by atomic mass is 79.9. The Morgan fingerprint density at radius 1 is 0.519 bits per heavy atom. The molecule has 0 atom stereocenters. The van der Waals surface area contributed by atoms with Crippen molar-refractivity contribution in [3.05, 3.63) is 95.7 Å². The van der Waals surface area contributed by atoms with E-state index < -0.39 is 0 Å². The highest BCUT2D eigenvalue weighted by Gasteiger charge is 2.14. The fraction of sp³-hybridized carbons (Fsp3) is 0. The molecule has 0 saturated carbocycles. The van der Waals surface area contributed by atoms with Crippen molar-refractivity contribution < 1.29 is 0 Å². The quantitative estimate of drug-likeness (QED) is 0.296. The summed E-state index contributed by atoms with van der Waals surface area (Å²) in [5.41, 5.74) is 3.22. The SMILES string of the molecule is Brc1c2ccccc2c(-c2cnc(-c3ccccc3)nc2)c2ccccc12. The van der Waals surface area contributed by atoms with Gasteiger partial charge in [-0.05, 0) is 37.5 Å². The number of aromatic nitrogens is 2. The molecule has 3 heteroatoms. The number of rotatable bonds is 2. The molecule has 0 bridgehead atoms. The summed E-state index contributed by atoms with van der Waals surface area (Å²) in [7, 11) is 0. The molecular formula is C24H15BrN2. The molecule has 0 saturated heterocycles. The first kappa shape index (κ1) is 16.2. The van der Waals surface area contributed by atoms with Crippen LogP contribution in [0.3, 0.4) is 0 Å². The summed E-state index contributed by atoms with van der Waals surface area (Å²) in [5.74, 6) is 0.741. The maximum atomic E-state index is 4.64. The van der Waals surface area contributed by atoms with Crippen molar-refractivity contribution in [2.75, 3.05) is 0 Å². The molecule has 0 aliphatic heterocycles. The molecular weight excluding hydrogens is 396 g/mol. The summed E-state index contributed by atoms with van der Waals surface area (Å²) in [6.45, 7) is 0. The van der Waals surface area contributed by atoms with Gasteiger partial charge in [0.15, 0.2) is 5.82 Å². The standard InChI is InChI=1S/C24H15BrN2/c25-23-20-12-6-4-10-18(20)22(19-11-5-7-13-21(19)23)17-14-26-24(27-15-17)16-8-2-1-3-9-16/h1-15H. The Morgan fingerprint density at radius 3 is 1.56 bits per heavy atom. The molecule has 0 aliphatic carbocycles. The first-order chi connectivity index (χ1) is 13.3. The Morgan fingerprint density at radius 2 is 1.00 bits per heavy atom. The van der Waals surface area contributed by atoms with Crippen LogP contribution in [-0.4, -0.2) is 9.97 Å². The molecule has 4 aromatic carbocycles. The molecule has 128 valence electrons. The topological polar surface area (TPSA) is 25.8 Å². The minimum atomic E-state index is 0.741. The van der Waals surface area contributed by atoms with Gasteiger partial charge in [0.2, 0.25) is 0 Å². The molecule has 0 N–H and O–H groups in total. The molecule has 0 radical (unpaired) electrons. The zero-order chi connectivity index (χ0) is 18.2. The predicted octanol–water partition coefficient (Wildman–Crippen LogP) is 6.88. The number of hydrogen-bond acceptors (Lipinski definition) is 2. The fourth-order valence-corrected chi connectivity index (χ4v) is 4.27. The van der Waals surface area contributed by atoms with E-state index in [0.717, 1.165) is 21.4 Å². The number of hydrogen-bond donors (Lipinski definition) is 0. The second-order valence-electron chi connectivity index (χ2n) is 6.44. The number of halogens is 1. The van der Waals surface area contributed by atoms with Crippen molar-refractivity contribution in [1.82, 2.24) is 9.97 Å². The summed E-state index contributed by atoms with van der Waals surface area (Å²) in [4.78, 5) is 9.28. The van der Waals surface area contributed by atoms with Gasteiger partial charge in [0.05, 0.1) is 0 Å². The third kappa shape index (κ3) is 2.71. The van der Waals surface area contributed by atoms with Gasteiger partial charge in [0.25, 0.3) is 0 Å². The zero-order valence-corrected chi connectivity index (χ0v) is 16.0. The molecule has 2 nitrogen and oxygen atoms in total. The number of fused-ring (bicyclic) bond motifs is 2. The van der Waals surface area contributed by atoms with E-state index in [2.05, 4.69) is 74.4 Å². The van der Waals surface area contributed by atoms with E-state index in [4.69, 9.17) is 0 Å². The van der Waals surface area contributed by atoms with Gasteiger partial charge in [-0.2, -0.15) is 0 Å². The Kier molecular flexibility index (Phi) is 3.95. The highest BCUT2D eigenvalue weighted by molar-refractivity contribution is 9.10. The Balaban J connectivity index is 1.78. The molecule has 1 aromatic heterocycles. The molecule has 5 rings (SSSR count). The second kappa shape index (κ2) is 6.60. The van der Waals surface area contributed by atoms with Crippen LogP contribution in [0, 0.1) is 0 Å². The first-order valence-electron chi connectivity index (χ1n) is 8.80. The van der Waals surface area contributed by atoms with E-state index in [1.54, 1.807) is 0 Å². The largest absolute Gasteiger partial charge is 0.236 e. The minimum absolute atomic E-state index is 0.741. The van der Waals surface area contributed by atoms with Gasteiger partial charge in [0, 0.05) is 33.6 Å². The van der Waals surface area contributed by atoms with E-state index in [1.807, 2.05) is 42.7 Å². The first-order valence-corrected chi connectivity index (χ1v) is 9.59. The normalized spacial score (nSPS) is 11.1. The lowest BCUT2D eigenvalue weighted by molar-refractivity contribution is 1.18. The third-order valence-corrected chi connectivity index (χ3v) is 5.69. The number of benzene rings is 4. The van der Waals surface area contributed by atoms with Gasteiger partial charge in [-0.25, -0.2) is 9.97 Å². The molecule has 0 spiro atoms. The van der Waals surface area contributed by atoms with Crippen LogP contribution < -0.4 is 0 Å². The monoisotopic (exact) mass is 410 g/mol. The van der Waals surface area contributed by atoms with Crippen molar-refractivity contribution in [3.63, 3.8) is 0 Å². The molecule has 0 amide bonds. The molecule has 5 aromatic rings. The molecule has 1 heterocycles. The van der Waals surface area contributed by atoms with E-state index in [9.17, 15) is 0 Å². The van der Waals surface area contributed by atoms with Crippen LogP contribution in [0.2, 0.25) is 0 Å². The van der Waals surface area contributed by atoms with Crippen molar-refractivity contribution in [3.8, 4) is 22.5 Å². The van der Waals surface area contributed by atoms with Crippen LogP contribution in [-0.2, 0) is 0 Å². The van der Waals surface area contributed by atoms with E-state index >= 15 is 0 Å². The Bertz CT molecular complexity index is 1210. The smallest absolute Gasteiger partial charge is 0.159 e. The van der Waals surface area contributed by atoms with Crippen molar-refractivity contribution in [2.45, 2.75) is 0 Å². The molecule has 0 fully saturated rings. The molecule has 0 aliphatic rings. The van der Waals surface area contributed by atoms with Gasteiger partial charge in [0.1, 0.15) is 0 Å². The van der Waals surface area contributed by atoms with Crippen LogP contribution in [0.4, 0.5) is 0 Å². The Labute approximate surface area is 165 Å². The fourth-order valence-electron chi connectivity index (χ4n) is 3.58. The summed E-state index contributed by atoms with van der Waals surface area (Å²) in [6.07, 6.45) is 3.86. The summed E-state index contributed by atoms with van der Waals surface area (Å²) in [5, 5.41) is 4.77. The van der Waals surface area contributed by atoms with E-state index in [-0.39, 0.29) is 0 Å². The van der Waals surface area contributed by atoms with Crippen molar-refractivity contribution in [1.29, 1.82) is 0 Å². The highest BCUT2D eigenvalue weighted by Crippen LogP contribution is 2.41. The van der Waals surface area contributed by atoms with Gasteiger partial charge >= 0.3 is 0 Å². The summed E-state index contributed by atoms with van der Waals surface area (Å²) < 4.78 is 1.12. The lowest BCUT2D eigenvalue weighted by Crippen LogP contribution is -1.92. The summed E-state index contributed by atoms with van der Waals surface area (Å²) in [6, 6.07) is 27.0. The maximum absolute atomic E-state index is 4.64. The van der Waals surface area contributed by atoms with E-state index in [1.165, 1.54) is 27.1 Å². The van der Waals surface area contributed by atoms with Crippen LogP contribution in [0.1, 0.15) is 0 Å². The van der Waals surface area contributed by atoms with Gasteiger partial charge in [-0.1, -0.05) is 78.9 Å². The van der Waals surface area contributed by atoms with Crippen molar-refractivity contribution >= 4 is 37.5 Å². The van der Waals surface area contributed by atoms with Gasteiger partial charge in [-0.15, -0.1) is 0 Å². The molecule has 27 heavy (non-hydrogen) atoms. The lowest BCUT2D eigenvalue weighted by atomic mass is 9.93. The van der Waals surface area contributed by atoms with E-state index in [0.29, 0.717) is 0 Å². The Hall–Kier alpha value is -3.04. The van der Waals surface area contributed by atoms with Crippen LogP contribution in [0.5, 0.6) is 0 Å². The second-order valence-corrected chi connectivity index (χ2v) is 7.23. The predicted molar refractivity (Wildman–Crippen MR) is 116 cm³/mol. The zero-order valence-electron chi connectivity index (χ0n) is 14.4. The number of nitrogens with zero attached hydrogens (tertiary/aromatic N) is 2. The maximum Gasteiger partial charge on any atom is 0.159 e. The van der Waals surface area contributed by atoms with Gasteiger partial charge in [-0.3, -0.25) is 0 Å². The minimum Gasteiger partial charge on any atom is -0.236 e. The van der Waals surface area contributed by atoms with Crippen LogP contribution >= 0.6 is 15.9 Å². The molecule has 0 unspecified atom stereocenters. The summed E-state index contributed by atoms with van der Waals surface area (Å²) >= 11 is 3.80. The van der Waals surface area contributed by atoms with Crippen LogP contribution in [0.25, 0.3) is 44.1 Å².